The molecule has 180 valence electrons. The minimum absolute atomic E-state index is 0.0723. The first-order chi connectivity index (χ1) is 17.1. The van der Waals surface area contributed by atoms with Gasteiger partial charge in [0.05, 0.1) is 0 Å². The number of hydrogen-bond acceptors (Lipinski definition) is 10. The third kappa shape index (κ3) is 5.28. The number of nitrogens with one attached hydrogen (secondary N) is 1. The molecule has 1 aliphatic heterocycles. The number of ether oxygens (including phenoxy) is 1. The molecule has 2 aromatic carbocycles. The Morgan fingerprint density at radius 1 is 1.17 bits per heavy atom. The molecule has 10 nitrogen and oxygen atoms in total. The highest BCUT2D eigenvalue weighted by molar-refractivity contribution is 7.03. The molecule has 3 heterocycles. The number of nitrogens with two attached hydrogens (primary N) is 1. The summed E-state index contributed by atoms with van der Waals surface area (Å²) in [6, 6.07) is 11.3. The summed E-state index contributed by atoms with van der Waals surface area (Å²) in [5, 5.41) is 12.8. The van der Waals surface area contributed by atoms with E-state index in [0.29, 0.717) is 17.9 Å². The average Bonchev–Trinajstić information content (AvgIpc) is 3.63. The predicted octanol–water partition coefficient (Wildman–Crippen LogP) is 3.42. The maximum atomic E-state index is 14.5. The van der Waals surface area contributed by atoms with Crippen LogP contribution in [-0.2, 0) is 0 Å². The lowest BCUT2D eigenvalue weighted by atomic mass is 10.1. The van der Waals surface area contributed by atoms with Gasteiger partial charge in [0.25, 0.3) is 5.91 Å². The average molecular weight is 495 g/mol. The van der Waals surface area contributed by atoms with Crippen LogP contribution in [0.5, 0.6) is 5.75 Å². The molecule has 0 atom stereocenters. The fraction of sp³-hybridized carbons (Fsp3) is 0.261. The van der Waals surface area contributed by atoms with E-state index in [9.17, 15) is 9.18 Å². The fourth-order valence-electron chi connectivity index (χ4n) is 3.84. The van der Waals surface area contributed by atoms with Crippen molar-refractivity contribution in [2.45, 2.75) is 12.8 Å². The molecule has 1 aliphatic rings. The molecule has 3 N–H and O–H groups in total. The van der Waals surface area contributed by atoms with Crippen LogP contribution in [-0.4, -0.2) is 61.4 Å². The highest BCUT2D eigenvalue weighted by Gasteiger charge is 2.17. The van der Waals surface area contributed by atoms with Crippen LogP contribution in [0.4, 0.5) is 22.0 Å². The van der Waals surface area contributed by atoms with Gasteiger partial charge in [-0.1, -0.05) is 16.6 Å². The summed E-state index contributed by atoms with van der Waals surface area (Å²) in [7, 11) is 0. The van der Waals surface area contributed by atoms with Crippen molar-refractivity contribution in [2.75, 3.05) is 37.3 Å². The van der Waals surface area contributed by atoms with Crippen LogP contribution in [0.2, 0.25) is 0 Å². The van der Waals surface area contributed by atoms with Crippen LogP contribution < -0.4 is 15.8 Å². The van der Waals surface area contributed by atoms with E-state index >= 15 is 0 Å². The molecule has 0 saturated carbocycles. The van der Waals surface area contributed by atoms with Gasteiger partial charge >= 0.3 is 0 Å². The van der Waals surface area contributed by atoms with E-state index < -0.39 is 11.7 Å². The number of carbonyl (C=O) groups excluding carboxylic acids is 1. The lowest BCUT2D eigenvalue weighted by molar-refractivity contribution is 0.0948. The van der Waals surface area contributed by atoms with Gasteiger partial charge < -0.3 is 15.8 Å². The minimum atomic E-state index is -0.504. The number of nitrogens with zero attached hydrogens (tertiary/aromatic N) is 6. The van der Waals surface area contributed by atoms with E-state index in [4.69, 9.17) is 10.5 Å². The number of halogens is 1. The van der Waals surface area contributed by atoms with Crippen LogP contribution >= 0.6 is 11.5 Å². The number of aromatic nitrogens is 5. The lowest BCUT2D eigenvalue weighted by Crippen LogP contribution is -2.25. The number of hydrogen-bond donors (Lipinski definition) is 2. The van der Waals surface area contributed by atoms with E-state index in [-0.39, 0.29) is 17.6 Å². The first-order valence-corrected chi connectivity index (χ1v) is 12.0. The zero-order valence-electron chi connectivity index (χ0n) is 18.7. The second-order valence-corrected chi connectivity index (χ2v) is 8.66. The van der Waals surface area contributed by atoms with E-state index in [1.54, 1.807) is 36.4 Å². The smallest absolute Gasteiger partial charge is 0.281 e. The zero-order chi connectivity index (χ0) is 24.2. The van der Waals surface area contributed by atoms with Gasteiger partial charge in [-0.05, 0) is 61.7 Å². The van der Waals surface area contributed by atoms with Crippen molar-refractivity contribution in [1.82, 2.24) is 29.3 Å². The van der Waals surface area contributed by atoms with Gasteiger partial charge in [-0.25, -0.2) is 4.39 Å². The normalized spacial score (nSPS) is 13.7. The molecule has 0 radical (unpaired) electrons. The van der Waals surface area contributed by atoms with Crippen LogP contribution in [0.3, 0.4) is 0 Å². The molecule has 0 aliphatic carbocycles. The van der Waals surface area contributed by atoms with Crippen molar-refractivity contribution in [1.29, 1.82) is 0 Å². The Kier molecular flexibility index (Phi) is 6.64. The molecule has 4 aromatic rings. The second kappa shape index (κ2) is 10.2. The summed E-state index contributed by atoms with van der Waals surface area (Å²) >= 11 is 1.25. The summed E-state index contributed by atoms with van der Waals surface area (Å²) in [5.74, 6) is -0.787. The summed E-state index contributed by atoms with van der Waals surface area (Å²) < 4.78 is 24.9. The van der Waals surface area contributed by atoms with Crippen LogP contribution in [0.15, 0.2) is 47.8 Å². The molecule has 1 fully saturated rings. The Bertz CT molecular complexity index is 1300. The van der Waals surface area contributed by atoms with Crippen molar-refractivity contribution in [3.8, 4) is 17.0 Å². The Hall–Kier alpha value is -3.90. The van der Waals surface area contributed by atoms with Crippen molar-refractivity contribution in [3.63, 3.8) is 0 Å². The largest absolute Gasteiger partial charge is 0.489 e. The molecule has 0 unspecified atom stereocenters. The van der Waals surface area contributed by atoms with Gasteiger partial charge in [0, 0.05) is 34.8 Å². The second-order valence-electron chi connectivity index (χ2n) is 8.05. The predicted molar refractivity (Wildman–Crippen MR) is 130 cm³/mol. The topological polar surface area (TPSA) is 124 Å². The van der Waals surface area contributed by atoms with E-state index in [1.807, 2.05) is 5.38 Å². The van der Waals surface area contributed by atoms with Gasteiger partial charge in [-0.2, -0.15) is 9.67 Å². The number of carbonyl (C=O) groups is 1. The number of likely N-dealkylation sites (tertiary alicyclic amines) is 1. The third-order valence-electron chi connectivity index (χ3n) is 5.66. The van der Waals surface area contributed by atoms with Gasteiger partial charge in [0.15, 0.2) is 11.6 Å². The van der Waals surface area contributed by atoms with Gasteiger partial charge in [0.2, 0.25) is 11.9 Å². The fourth-order valence-corrected chi connectivity index (χ4v) is 4.30. The monoisotopic (exact) mass is 494 g/mol. The third-order valence-corrected chi connectivity index (χ3v) is 6.17. The summed E-state index contributed by atoms with van der Waals surface area (Å²) in [5.41, 5.74) is 8.27. The van der Waals surface area contributed by atoms with Gasteiger partial charge in [0.1, 0.15) is 12.3 Å². The van der Waals surface area contributed by atoms with Crippen molar-refractivity contribution >= 4 is 35.0 Å². The van der Waals surface area contributed by atoms with Crippen molar-refractivity contribution in [3.05, 3.63) is 59.2 Å². The molecule has 2 aromatic heterocycles. The van der Waals surface area contributed by atoms with E-state index in [0.717, 1.165) is 35.6 Å². The van der Waals surface area contributed by atoms with Crippen molar-refractivity contribution in [2.24, 2.45) is 0 Å². The lowest BCUT2D eigenvalue weighted by Gasteiger charge is -2.15. The summed E-state index contributed by atoms with van der Waals surface area (Å²) in [6.07, 6.45) is 2.40. The molecule has 0 amide bonds. The van der Waals surface area contributed by atoms with Crippen LogP contribution in [0, 0.1) is 5.82 Å². The molecular formula is C23H23FN8O2S. The molecular weight excluding hydrogens is 471 g/mol. The van der Waals surface area contributed by atoms with Crippen LogP contribution in [0.1, 0.15) is 23.2 Å². The first-order valence-electron chi connectivity index (χ1n) is 11.1. The van der Waals surface area contributed by atoms with E-state index in [1.165, 1.54) is 30.4 Å². The highest BCUT2D eigenvalue weighted by atomic mass is 32.1. The molecule has 0 bridgehead atoms. The standard InChI is InChI=1S/C23H23FN8O2S/c24-18-13-17(7-8-20(18)34-12-11-31-9-1-2-10-31)26-23-27-22(25)32(29-23)21(33)16-5-3-15(4-6-16)19-14-35-30-28-19/h3-8,13-14H,1-2,9-12H2,(H3,25,26,27,29). The Labute approximate surface area is 204 Å². The Morgan fingerprint density at radius 3 is 2.69 bits per heavy atom. The maximum absolute atomic E-state index is 14.5. The SMILES string of the molecule is Nc1nc(Nc2ccc(OCCN3CCCC3)c(F)c2)nn1C(=O)c1ccc(-c2csnn2)cc1. The molecule has 0 spiro atoms. The molecule has 1 saturated heterocycles. The Balaban J connectivity index is 1.22. The first kappa shape index (κ1) is 22.9. The number of rotatable bonds is 8. The van der Waals surface area contributed by atoms with Gasteiger partial charge in [-0.3, -0.25) is 9.69 Å². The zero-order valence-corrected chi connectivity index (χ0v) is 19.5. The summed E-state index contributed by atoms with van der Waals surface area (Å²) in [6.45, 7) is 3.33. The molecule has 12 heteroatoms. The minimum Gasteiger partial charge on any atom is -0.489 e. The van der Waals surface area contributed by atoms with Gasteiger partial charge in [-0.15, -0.1) is 10.2 Å². The molecule has 5 rings (SSSR count). The number of anilines is 3. The highest BCUT2D eigenvalue weighted by Crippen LogP contribution is 2.24. The quantitative estimate of drug-likeness (QED) is 0.379. The maximum Gasteiger partial charge on any atom is 0.281 e. The Morgan fingerprint density at radius 2 is 1.97 bits per heavy atom. The van der Waals surface area contributed by atoms with Crippen molar-refractivity contribution < 1.29 is 13.9 Å². The van der Waals surface area contributed by atoms with Crippen LogP contribution in [0.25, 0.3) is 11.3 Å². The summed E-state index contributed by atoms with van der Waals surface area (Å²) in [4.78, 5) is 19.2. The molecule has 35 heavy (non-hydrogen) atoms. The number of nitrogen functional groups attached to an aromatic ring is 1. The number of benzene rings is 2. The van der Waals surface area contributed by atoms with E-state index in [2.05, 4.69) is 29.9 Å².